The lowest BCUT2D eigenvalue weighted by molar-refractivity contribution is 0.0677. The van der Waals surface area contributed by atoms with E-state index in [0.717, 1.165) is 25.1 Å². The Morgan fingerprint density at radius 2 is 2.21 bits per heavy atom. The van der Waals surface area contributed by atoms with Crippen molar-refractivity contribution < 1.29 is 14.6 Å². The lowest BCUT2D eigenvalue weighted by atomic mass is 10.1. The van der Waals surface area contributed by atoms with Gasteiger partial charge >= 0.3 is 0 Å². The second-order valence-corrected chi connectivity index (χ2v) is 4.60. The minimum atomic E-state index is -0.0378. The van der Waals surface area contributed by atoms with Crippen molar-refractivity contribution in [1.82, 2.24) is 4.90 Å². The highest BCUT2D eigenvalue weighted by Crippen LogP contribution is 2.21. The van der Waals surface area contributed by atoms with Crippen LogP contribution in [0, 0.1) is 0 Å². The molecule has 0 aliphatic carbocycles. The summed E-state index contributed by atoms with van der Waals surface area (Å²) in [5, 5.41) is 9.25. The summed E-state index contributed by atoms with van der Waals surface area (Å²) in [5.74, 6) is 0.698. The smallest absolute Gasteiger partial charge is 0.254 e. The van der Waals surface area contributed by atoms with Gasteiger partial charge in [0.25, 0.3) is 5.91 Å². The number of likely N-dealkylation sites (tertiary alicyclic amines) is 1. The molecule has 1 amide bonds. The number of hydrogen-bond acceptors (Lipinski definition) is 3. The SMILES string of the molecule is C=CCOc1ccc(C(=O)N2CCC[C@@H]2CO)cc1. The van der Waals surface area contributed by atoms with Crippen molar-refractivity contribution in [2.75, 3.05) is 19.8 Å². The molecule has 0 unspecified atom stereocenters. The summed E-state index contributed by atoms with van der Waals surface area (Å²) >= 11 is 0. The van der Waals surface area contributed by atoms with E-state index in [1.165, 1.54) is 0 Å². The predicted octanol–water partition coefficient (Wildman–Crippen LogP) is 1.85. The van der Waals surface area contributed by atoms with E-state index in [1.54, 1.807) is 35.2 Å². The number of ether oxygens (including phenoxy) is 1. The zero-order valence-corrected chi connectivity index (χ0v) is 10.9. The van der Waals surface area contributed by atoms with Crippen molar-refractivity contribution >= 4 is 5.91 Å². The number of aliphatic hydroxyl groups is 1. The molecule has 1 aliphatic rings. The average Bonchev–Trinajstić information content (AvgIpc) is 2.93. The molecule has 1 aromatic carbocycles. The van der Waals surface area contributed by atoms with E-state index in [4.69, 9.17) is 4.74 Å². The fraction of sp³-hybridized carbons (Fsp3) is 0.400. The summed E-state index contributed by atoms with van der Waals surface area (Å²) in [6, 6.07) is 7.03. The summed E-state index contributed by atoms with van der Waals surface area (Å²) in [5.41, 5.74) is 0.631. The van der Waals surface area contributed by atoms with E-state index >= 15 is 0 Å². The number of nitrogens with zero attached hydrogens (tertiary/aromatic N) is 1. The molecule has 1 saturated heterocycles. The number of hydrogen-bond donors (Lipinski definition) is 1. The van der Waals surface area contributed by atoms with Crippen LogP contribution in [-0.4, -0.2) is 41.7 Å². The van der Waals surface area contributed by atoms with E-state index in [9.17, 15) is 9.90 Å². The molecular formula is C15H19NO3. The van der Waals surface area contributed by atoms with Gasteiger partial charge in [0.05, 0.1) is 12.6 Å². The molecule has 0 spiro atoms. The molecule has 2 rings (SSSR count). The summed E-state index contributed by atoms with van der Waals surface area (Å²) in [6.45, 7) is 4.79. The highest BCUT2D eigenvalue weighted by Gasteiger charge is 2.28. The van der Waals surface area contributed by atoms with Gasteiger partial charge in [0.15, 0.2) is 0 Å². The third kappa shape index (κ3) is 3.15. The van der Waals surface area contributed by atoms with Gasteiger partial charge in [-0.15, -0.1) is 0 Å². The van der Waals surface area contributed by atoms with E-state index in [1.807, 2.05) is 0 Å². The van der Waals surface area contributed by atoms with Crippen molar-refractivity contribution in [3.05, 3.63) is 42.5 Å². The van der Waals surface area contributed by atoms with Crippen LogP contribution in [0.2, 0.25) is 0 Å². The molecule has 0 aromatic heterocycles. The average molecular weight is 261 g/mol. The fourth-order valence-electron chi connectivity index (χ4n) is 2.31. The number of amides is 1. The molecule has 0 saturated carbocycles. The van der Waals surface area contributed by atoms with E-state index in [0.29, 0.717) is 12.2 Å². The molecular weight excluding hydrogens is 242 g/mol. The lowest BCUT2D eigenvalue weighted by Gasteiger charge is -2.23. The Kier molecular flexibility index (Phi) is 4.58. The van der Waals surface area contributed by atoms with Gasteiger partial charge < -0.3 is 14.7 Å². The van der Waals surface area contributed by atoms with Gasteiger partial charge in [-0.05, 0) is 37.1 Å². The molecule has 102 valence electrons. The first-order chi connectivity index (χ1) is 9.26. The number of carbonyl (C=O) groups is 1. The van der Waals surface area contributed by atoms with Crippen molar-refractivity contribution in [2.45, 2.75) is 18.9 Å². The van der Waals surface area contributed by atoms with Gasteiger partial charge in [-0.3, -0.25) is 4.79 Å². The zero-order chi connectivity index (χ0) is 13.7. The second kappa shape index (κ2) is 6.38. The standard InChI is InChI=1S/C15H19NO3/c1-2-10-19-14-7-5-12(6-8-14)15(18)16-9-3-4-13(16)11-17/h2,5-8,13,17H,1,3-4,9-11H2/t13-/m1/s1. The summed E-state index contributed by atoms with van der Waals surface area (Å²) in [6.07, 6.45) is 3.51. The van der Waals surface area contributed by atoms with Crippen LogP contribution in [-0.2, 0) is 0 Å². The minimum Gasteiger partial charge on any atom is -0.490 e. The normalized spacial score (nSPS) is 18.4. The lowest BCUT2D eigenvalue weighted by Crippen LogP contribution is -2.37. The van der Waals surface area contributed by atoms with Gasteiger partial charge in [-0.25, -0.2) is 0 Å². The molecule has 1 N–H and O–H groups in total. The Hall–Kier alpha value is -1.81. The van der Waals surface area contributed by atoms with Crippen LogP contribution in [0.15, 0.2) is 36.9 Å². The highest BCUT2D eigenvalue weighted by molar-refractivity contribution is 5.94. The minimum absolute atomic E-state index is 0.0215. The van der Waals surface area contributed by atoms with Crippen LogP contribution >= 0.6 is 0 Å². The van der Waals surface area contributed by atoms with Gasteiger partial charge in [0, 0.05) is 12.1 Å². The maximum absolute atomic E-state index is 12.3. The predicted molar refractivity (Wildman–Crippen MR) is 73.3 cm³/mol. The van der Waals surface area contributed by atoms with Crippen LogP contribution in [0.1, 0.15) is 23.2 Å². The fourth-order valence-corrected chi connectivity index (χ4v) is 2.31. The Bertz CT molecular complexity index is 441. The van der Waals surface area contributed by atoms with Crippen molar-refractivity contribution in [2.24, 2.45) is 0 Å². The number of benzene rings is 1. The van der Waals surface area contributed by atoms with E-state index in [2.05, 4.69) is 6.58 Å². The first-order valence-electron chi connectivity index (χ1n) is 6.52. The zero-order valence-electron chi connectivity index (χ0n) is 10.9. The Morgan fingerprint density at radius 1 is 1.47 bits per heavy atom. The van der Waals surface area contributed by atoms with Crippen molar-refractivity contribution in [1.29, 1.82) is 0 Å². The van der Waals surface area contributed by atoms with Gasteiger partial charge in [-0.1, -0.05) is 12.7 Å². The molecule has 1 atom stereocenters. The molecule has 0 radical (unpaired) electrons. The van der Waals surface area contributed by atoms with Gasteiger partial charge in [-0.2, -0.15) is 0 Å². The molecule has 4 nitrogen and oxygen atoms in total. The van der Waals surface area contributed by atoms with Crippen molar-refractivity contribution in [3.8, 4) is 5.75 Å². The van der Waals surface area contributed by atoms with E-state index < -0.39 is 0 Å². The largest absolute Gasteiger partial charge is 0.490 e. The summed E-state index contributed by atoms with van der Waals surface area (Å²) in [7, 11) is 0. The van der Waals surface area contributed by atoms with Crippen LogP contribution < -0.4 is 4.74 Å². The summed E-state index contributed by atoms with van der Waals surface area (Å²) < 4.78 is 5.37. The molecule has 1 aromatic rings. The second-order valence-electron chi connectivity index (χ2n) is 4.60. The molecule has 1 fully saturated rings. The molecule has 4 heteroatoms. The molecule has 19 heavy (non-hydrogen) atoms. The van der Waals surface area contributed by atoms with Crippen molar-refractivity contribution in [3.63, 3.8) is 0 Å². The van der Waals surface area contributed by atoms with Crippen LogP contribution in [0.25, 0.3) is 0 Å². The van der Waals surface area contributed by atoms with Crippen LogP contribution in [0.4, 0.5) is 0 Å². The first-order valence-corrected chi connectivity index (χ1v) is 6.52. The quantitative estimate of drug-likeness (QED) is 0.823. The highest BCUT2D eigenvalue weighted by atomic mass is 16.5. The molecule has 0 bridgehead atoms. The number of carbonyl (C=O) groups excluding carboxylic acids is 1. The summed E-state index contributed by atoms with van der Waals surface area (Å²) in [4.78, 5) is 14.0. The maximum atomic E-state index is 12.3. The topological polar surface area (TPSA) is 49.8 Å². The van der Waals surface area contributed by atoms with E-state index in [-0.39, 0.29) is 18.6 Å². The maximum Gasteiger partial charge on any atom is 0.254 e. The van der Waals surface area contributed by atoms with Crippen LogP contribution in [0.3, 0.4) is 0 Å². The Labute approximate surface area is 113 Å². The van der Waals surface area contributed by atoms with Gasteiger partial charge in [0.2, 0.25) is 0 Å². The third-order valence-electron chi connectivity index (χ3n) is 3.32. The Morgan fingerprint density at radius 3 is 2.84 bits per heavy atom. The van der Waals surface area contributed by atoms with Crippen LogP contribution in [0.5, 0.6) is 5.75 Å². The monoisotopic (exact) mass is 261 g/mol. The Balaban J connectivity index is 2.04. The van der Waals surface area contributed by atoms with Gasteiger partial charge in [0.1, 0.15) is 12.4 Å². The molecule has 1 aliphatic heterocycles. The first kappa shape index (κ1) is 13.6. The number of rotatable bonds is 5. The molecule has 1 heterocycles. The number of aliphatic hydroxyl groups excluding tert-OH is 1. The third-order valence-corrected chi connectivity index (χ3v) is 3.32.